The van der Waals surface area contributed by atoms with Crippen LogP contribution < -0.4 is 10.6 Å². The van der Waals surface area contributed by atoms with Gasteiger partial charge in [0.2, 0.25) is 0 Å². The quantitative estimate of drug-likeness (QED) is 0.380. The van der Waals surface area contributed by atoms with Crippen LogP contribution in [0.25, 0.3) is 10.8 Å². The van der Waals surface area contributed by atoms with Crippen molar-refractivity contribution in [3.05, 3.63) is 42.2 Å². The van der Waals surface area contributed by atoms with Crippen molar-refractivity contribution in [2.24, 2.45) is 11.7 Å². The van der Waals surface area contributed by atoms with Gasteiger partial charge in [-0.1, -0.05) is 37.1 Å². The summed E-state index contributed by atoms with van der Waals surface area (Å²) in [5, 5.41) is 29.0. The maximum atomic E-state index is 14.1. The van der Waals surface area contributed by atoms with Gasteiger partial charge in [0, 0.05) is 29.5 Å². The van der Waals surface area contributed by atoms with Crippen LogP contribution in [0, 0.1) is 11.7 Å². The Balaban J connectivity index is 1.67. The van der Waals surface area contributed by atoms with E-state index in [1.807, 2.05) is 19.2 Å². The van der Waals surface area contributed by atoms with Gasteiger partial charge >= 0.3 is 13.1 Å². The zero-order valence-corrected chi connectivity index (χ0v) is 16.6. The van der Waals surface area contributed by atoms with E-state index >= 15 is 0 Å². The van der Waals surface area contributed by atoms with E-state index in [0.717, 1.165) is 11.1 Å². The number of hydrogen-bond acceptors (Lipinski definition) is 5. The van der Waals surface area contributed by atoms with Crippen LogP contribution in [0.1, 0.15) is 32.1 Å². The molecule has 0 spiro atoms. The van der Waals surface area contributed by atoms with Crippen molar-refractivity contribution < 1.29 is 24.3 Å². The van der Waals surface area contributed by atoms with Gasteiger partial charge in [-0.3, -0.25) is 4.79 Å². The number of carboxylic acid groups (broad SMARTS) is 1. The van der Waals surface area contributed by atoms with Gasteiger partial charge in [-0.15, -0.1) is 0 Å². The van der Waals surface area contributed by atoms with E-state index in [0.29, 0.717) is 37.5 Å². The first-order valence-electron chi connectivity index (χ1n) is 10.0. The van der Waals surface area contributed by atoms with Crippen LogP contribution >= 0.6 is 0 Å². The molecule has 0 aliphatic heterocycles. The number of anilines is 1. The number of carbonyl (C=O) groups is 1. The predicted octanol–water partition coefficient (Wildman–Crippen LogP) is 2.62. The number of benzene rings is 2. The molecule has 1 fully saturated rings. The standard InChI is InChI=1S/C21H28BFN2O4/c1-25(19-9-8-18(23)16-6-2-3-7-17(16)19)15-12-14(13-15)21(24,20(26)27)10-4-5-11-22(28)29/h2-3,6-9,14-15,28-29H,4-5,10-13,24H2,1H3,(H,26,27)/t14?,15?,21-/m0/s1. The second kappa shape index (κ2) is 8.69. The second-order valence-corrected chi connectivity index (χ2v) is 8.12. The Kier molecular flexibility index (Phi) is 6.46. The number of rotatable bonds is 9. The maximum Gasteiger partial charge on any atom is 0.451 e. The summed E-state index contributed by atoms with van der Waals surface area (Å²) in [5.41, 5.74) is 5.88. The van der Waals surface area contributed by atoms with Gasteiger partial charge in [0.25, 0.3) is 0 Å². The summed E-state index contributed by atoms with van der Waals surface area (Å²) >= 11 is 0. The molecular formula is C21H28BFN2O4. The number of aliphatic carboxylic acids is 1. The molecule has 0 bridgehead atoms. The predicted molar refractivity (Wildman–Crippen MR) is 112 cm³/mol. The minimum absolute atomic E-state index is 0.135. The molecule has 1 atom stereocenters. The average molecular weight is 402 g/mol. The average Bonchev–Trinajstić information content (AvgIpc) is 2.64. The summed E-state index contributed by atoms with van der Waals surface area (Å²) in [6, 6.07) is 10.7. The fourth-order valence-corrected chi connectivity index (χ4v) is 4.31. The van der Waals surface area contributed by atoms with E-state index in [9.17, 15) is 14.3 Å². The van der Waals surface area contributed by atoms with Crippen LogP contribution in [0.15, 0.2) is 36.4 Å². The molecule has 0 saturated heterocycles. The number of carboxylic acids is 1. The van der Waals surface area contributed by atoms with Crippen molar-refractivity contribution >= 4 is 29.5 Å². The Bertz CT molecular complexity index is 875. The highest BCUT2D eigenvalue weighted by Gasteiger charge is 2.49. The van der Waals surface area contributed by atoms with Crippen LogP contribution in [-0.4, -0.2) is 46.9 Å². The first kappa shape index (κ1) is 21.6. The highest BCUT2D eigenvalue weighted by Crippen LogP contribution is 2.43. The summed E-state index contributed by atoms with van der Waals surface area (Å²) in [7, 11) is 0.571. The van der Waals surface area contributed by atoms with E-state index in [-0.39, 0.29) is 24.1 Å². The Labute approximate surface area is 170 Å². The number of nitrogens with zero attached hydrogens (tertiary/aromatic N) is 1. The van der Waals surface area contributed by atoms with Gasteiger partial charge in [0.15, 0.2) is 0 Å². The number of hydrogen-bond donors (Lipinski definition) is 4. The van der Waals surface area contributed by atoms with Gasteiger partial charge in [-0.05, 0) is 43.6 Å². The third kappa shape index (κ3) is 4.39. The number of halogens is 1. The zero-order chi connectivity index (χ0) is 21.2. The molecule has 1 saturated carbocycles. The third-order valence-corrected chi connectivity index (χ3v) is 6.32. The minimum atomic E-state index is -1.38. The largest absolute Gasteiger partial charge is 0.480 e. The molecule has 2 aromatic rings. The van der Waals surface area contributed by atoms with Crippen molar-refractivity contribution in [1.82, 2.24) is 0 Å². The molecular weight excluding hydrogens is 374 g/mol. The van der Waals surface area contributed by atoms with Gasteiger partial charge in [-0.2, -0.15) is 0 Å². The molecule has 1 aliphatic rings. The van der Waals surface area contributed by atoms with Crippen LogP contribution in [0.5, 0.6) is 0 Å². The maximum absolute atomic E-state index is 14.1. The van der Waals surface area contributed by atoms with E-state index in [1.165, 1.54) is 6.07 Å². The molecule has 6 nitrogen and oxygen atoms in total. The van der Waals surface area contributed by atoms with Crippen LogP contribution in [0.3, 0.4) is 0 Å². The SMILES string of the molecule is CN(c1ccc(F)c2ccccc12)C1CC([C@@](N)(CCCCB(O)O)C(=O)O)C1. The van der Waals surface area contributed by atoms with E-state index in [2.05, 4.69) is 4.90 Å². The molecule has 0 heterocycles. The molecule has 8 heteroatoms. The molecule has 5 N–H and O–H groups in total. The molecule has 1 aliphatic carbocycles. The molecule has 156 valence electrons. The van der Waals surface area contributed by atoms with Crippen molar-refractivity contribution in [1.29, 1.82) is 0 Å². The van der Waals surface area contributed by atoms with Crippen molar-refractivity contribution in [2.75, 3.05) is 11.9 Å². The summed E-state index contributed by atoms with van der Waals surface area (Å²) in [4.78, 5) is 13.9. The summed E-state index contributed by atoms with van der Waals surface area (Å²) in [6.45, 7) is 0. The van der Waals surface area contributed by atoms with Crippen molar-refractivity contribution in [2.45, 2.75) is 50.0 Å². The Morgan fingerprint density at radius 1 is 1.21 bits per heavy atom. The molecule has 0 radical (unpaired) electrons. The first-order chi connectivity index (χ1) is 13.7. The lowest BCUT2D eigenvalue weighted by Gasteiger charge is -2.48. The van der Waals surface area contributed by atoms with E-state index in [1.54, 1.807) is 18.2 Å². The van der Waals surface area contributed by atoms with Gasteiger partial charge < -0.3 is 25.8 Å². The minimum Gasteiger partial charge on any atom is -0.480 e. The lowest BCUT2D eigenvalue weighted by atomic mass is 9.65. The molecule has 0 amide bonds. The Morgan fingerprint density at radius 2 is 1.86 bits per heavy atom. The molecule has 2 aromatic carbocycles. The Hall–Kier alpha value is -2.16. The highest BCUT2D eigenvalue weighted by atomic mass is 19.1. The summed E-state index contributed by atoms with van der Waals surface area (Å²) in [6.07, 6.45) is 2.85. The van der Waals surface area contributed by atoms with Gasteiger partial charge in [0.05, 0.1) is 0 Å². The molecule has 3 rings (SSSR count). The fraction of sp³-hybridized carbons (Fsp3) is 0.476. The number of nitrogens with two attached hydrogens (primary N) is 1. The fourth-order valence-electron chi connectivity index (χ4n) is 4.31. The van der Waals surface area contributed by atoms with Gasteiger partial charge in [-0.25, -0.2) is 4.39 Å². The van der Waals surface area contributed by atoms with Crippen LogP contribution in [-0.2, 0) is 4.79 Å². The molecule has 0 aromatic heterocycles. The third-order valence-electron chi connectivity index (χ3n) is 6.32. The van der Waals surface area contributed by atoms with E-state index < -0.39 is 18.6 Å². The smallest absolute Gasteiger partial charge is 0.451 e. The number of fused-ring (bicyclic) bond motifs is 1. The Morgan fingerprint density at radius 3 is 2.48 bits per heavy atom. The normalized spacial score (nSPS) is 20.7. The first-order valence-corrected chi connectivity index (χ1v) is 10.0. The topological polar surface area (TPSA) is 107 Å². The van der Waals surface area contributed by atoms with Crippen LogP contribution in [0.2, 0.25) is 6.32 Å². The lowest BCUT2D eigenvalue weighted by molar-refractivity contribution is -0.147. The summed E-state index contributed by atoms with van der Waals surface area (Å²) in [5.74, 6) is -1.43. The zero-order valence-electron chi connectivity index (χ0n) is 16.6. The second-order valence-electron chi connectivity index (χ2n) is 8.12. The molecule has 0 unspecified atom stereocenters. The molecule has 29 heavy (non-hydrogen) atoms. The van der Waals surface area contributed by atoms with Crippen molar-refractivity contribution in [3.8, 4) is 0 Å². The lowest BCUT2D eigenvalue weighted by Crippen LogP contribution is -2.61. The summed E-state index contributed by atoms with van der Waals surface area (Å²) < 4.78 is 14.1. The number of unbranched alkanes of at least 4 members (excludes halogenated alkanes) is 1. The van der Waals surface area contributed by atoms with E-state index in [4.69, 9.17) is 15.8 Å². The monoisotopic (exact) mass is 402 g/mol. The highest BCUT2D eigenvalue weighted by molar-refractivity contribution is 6.40. The van der Waals surface area contributed by atoms with Gasteiger partial charge in [0.1, 0.15) is 11.4 Å². The van der Waals surface area contributed by atoms with Crippen molar-refractivity contribution in [3.63, 3.8) is 0 Å². The van der Waals surface area contributed by atoms with Crippen LogP contribution in [0.4, 0.5) is 10.1 Å².